The van der Waals surface area contributed by atoms with Crippen LogP contribution in [-0.2, 0) is 14.3 Å². The van der Waals surface area contributed by atoms with Crippen LogP contribution in [0.5, 0.6) is 0 Å². The van der Waals surface area contributed by atoms with Gasteiger partial charge in [-0.3, -0.25) is 9.59 Å². The van der Waals surface area contributed by atoms with Gasteiger partial charge in [0.15, 0.2) is 0 Å². The van der Waals surface area contributed by atoms with E-state index in [0.29, 0.717) is 30.8 Å². The van der Waals surface area contributed by atoms with E-state index in [1.54, 1.807) is 24.3 Å². The number of carboxylic acids is 1. The molecule has 1 atom stereocenters. The monoisotopic (exact) mass is 348 g/mol. The summed E-state index contributed by atoms with van der Waals surface area (Å²) in [6, 6.07) is 5.74. The van der Waals surface area contributed by atoms with Crippen molar-refractivity contribution in [3.8, 4) is 0 Å². The molecule has 0 aromatic heterocycles. The van der Waals surface area contributed by atoms with E-state index >= 15 is 0 Å². The second-order valence-corrected chi connectivity index (χ2v) is 6.03. The van der Waals surface area contributed by atoms with Crippen molar-refractivity contribution < 1.29 is 24.2 Å². The fourth-order valence-corrected chi connectivity index (χ4v) is 2.83. The lowest BCUT2D eigenvalue weighted by atomic mass is 10.0. The van der Waals surface area contributed by atoms with Gasteiger partial charge in [0.2, 0.25) is 5.91 Å². The number of ether oxygens (including phenoxy) is 1. The molecule has 1 aliphatic rings. The molecule has 1 unspecified atom stereocenters. The molecule has 2 amide bonds. The van der Waals surface area contributed by atoms with Crippen LogP contribution in [0.2, 0.25) is 0 Å². The first-order valence-electron chi connectivity index (χ1n) is 8.54. The number of rotatable bonds is 7. The number of benzene rings is 1. The van der Waals surface area contributed by atoms with Gasteiger partial charge in [-0.25, -0.2) is 4.79 Å². The molecule has 1 heterocycles. The maximum Gasteiger partial charge on any atom is 0.326 e. The van der Waals surface area contributed by atoms with Crippen molar-refractivity contribution in [1.82, 2.24) is 4.90 Å². The SMILES string of the molecule is CCCOCC(=O)Nc1cccc(C(=O)N2CCCCC2C(=O)O)c1. The van der Waals surface area contributed by atoms with Gasteiger partial charge in [-0.1, -0.05) is 13.0 Å². The summed E-state index contributed by atoms with van der Waals surface area (Å²) in [5.41, 5.74) is 0.847. The molecule has 7 nitrogen and oxygen atoms in total. The Labute approximate surface area is 147 Å². The molecule has 7 heteroatoms. The highest BCUT2D eigenvalue weighted by atomic mass is 16.5. The van der Waals surface area contributed by atoms with Crippen LogP contribution in [0.25, 0.3) is 0 Å². The first-order valence-corrected chi connectivity index (χ1v) is 8.54. The van der Waals surface area contributed by atoms with Crippen LogP contribution in [0.4, 0.5) is 5.69 Å². The number of piperidine rings is 1. The summed E-state index contributed by atoms with van der Waals surface area (Å²) in [5, 5.41) is 12.0. The van der Waals surface area contributed by atoms with Gasteiger partial charge in [-0.2, -0.15) is 0 Å². The van der Waals surface area contributed by atoms with Gasteiger partial charge >= 0.3 is 5.97 Å². The molecular weight excluding hydrogens is 324 g/mol. The number of anilines is 1. The number of aliphatic carboxylic acids is 1. The highest BCUT2D eigenvalue weighted by Gasteiger charge is 2.32. The minimum atomic E-state index is -0.981. The summed E-state index contributed by atoms with van der Waals surface area (Å²) in [7, 11) is 0. The van der Waals surface area contributed by atoms with Crippen molar-refractivity contribution in [1.29, 1.82) is 0 Å². The normalized spacial score (nSPS) is 17.2. The van der Waals surface area contributed by atoms with Gasteiger partial charge < -0.3 is 20.1 Å². The van der Waals surface area contributed by atoms with Crippen LogP contribution < -0.4 is 5.32 Å². The Bertz CT molecular complexity index is 632. The van der Waals surface area contributed by atoms with Gasteiger partial charge in [0.05, 0.1) is 0 Å². The van der Waals surface area contributed by atoms with Crippen molar-refractivity contribution >= 4 is 23.5 Å². The maximum absolute atomic E-state index is 12.7. The van der Waals surface area contributed by atoms with Gasteiger partial charge in [0.25, 0.3) is 5.91 Å². The Morgan fingerprint density at radius 3 is 2.84 bits per heavy atom. The molecule has 25 heavy (non-hydrogen) atoms. The lowest BCUT2D eigenvalue weighted by Gasteiger charge is -2.33. The Morgan fingerprint density at radius 2 is 2.12 bits per heavy atom. The molecule has 1 saturated heterocycles. The number of nitrogens with zero attached hydrogens (tertiary/aromatic N) is 1. The summed E-state index contributed by atoms with van der Waals surface area (Å²) >= 11 is 0. The smallest absolute Gasteiger partial charge is 0.326 e. The molecule has 0 saturated carbocycles. The van der Waals surface area contributed by atoms with E-state index in [1.807, 2.05) is 6.92 Å². The summed E-state index contributed by atoms with van der Waals surface area (Å²) < 4.78 is 5.18. The van der Waals surface area contributed by atoms with Crippen molar-refractivity contribution in [2.45, 2.75) is 38.6 Å². The number of nitrogens with one attached hydrogen (secondary N) is 1. The molecule has 1 aromatic rings. The maximum atomic E-state index is 12.7. The number of amides is 2. The van der Waals surface area contributed by atoms with E-state index in [-0.39, 0.29) is 18.4 Å². The van der Waals surface area contributed by atoms with E-state index < -0.39 is 12.0 Å². The molecule has 136 valence electrons. The molecule has 2 rings (SSSR count). The first kappa shape index (κ1) is 18.9. The summed E-state index contributed by atoms with van der Waals surface area (Å²) in [5.74, 6) is -1.60. The van der Waals surface area contributed by atoms with Crippen molar-refractivity contribution in [3.05, 3.63) is 29.8 Å². The lowest BCUT2D eigenvalue weighted by Crippen LogP contribution is -2.48. The van der Waals surface area contributed by atoms with E-state index in [1.165, 1.54) is 4.90 Å². The zero-order chi connectivity index (χ0) is 18.2. The van der Waals surface area contributed by atoms with Gasteiger partial charge in [0, 0.05) is 24.4 Å². The molecule has 0 bridgehead atoms. The van der Waals surface area contributed by atoms with E-state index in [9.17, 15) is 19.5 Å². The zero-order valence-electron chi connectivity index (χ0n) is 14.4. The minimum Gasteiger partial charge on any atom is -0.480 e. The minimum absolute atomic E-state index is 0.0424. The van der Waals surface area contributed by atoms with Crippen LogP contribution in [0.15, 0.2) is 24.3 Å². The third-order valence-electron chi connectivity index (χ3n) is 4.02. The fraction of sp³-hybridized carbons (Fsp3) is 0.500. The van der Waals surface area contributed by atoms with Crippen LogP contribution in [-0.4, -0.2) is 53.6 Å². The predicted octanol–water partition coefficient (Wildman–Crippen LogP) is 2.13. The molecular formula is C18H24N2O5. The van der Waals surface area contributed by atoms with Crippen LogP contribution in [0.1, 0.15) is 43.0 Å². The Morgan fingerprint density at radius 1 is 1.32 bits per heavy atom. The van der Waals surface area contributed by atoms with Crippen molar-refractivity contribution in [3.63, 3.8) is 0 Å². The van der Waals surface area contributed by atoms with Gasteiger partial charge in [-0.15, -0.1) is 0 Å². The quantitative estimate of drug-likeness (QED) is 0.736. The number of carboxylic acid groups (broad SMARTS) is 1. The second-order valence-electron chi connectivity index (χ2n) is 6.03. The van der Waals surface area contributed by atoms with Crippen LogP contribution >= 0.6 is 0 Å². The molecule has 0 radical (unpaired) electrons. The standard InChI is InChI=1S/C18H24N2O5/c1-2-10-25-12-16(21)19-14-7-5-6-13(11-14)17(22)20-9-4-3-8-15(20)18(23)24/h5-7,11,15H,2-4,8-10,12H2,1H3,(H,19,21)(H,23,24). The Hall–Kier alpha value is -2.41. The van der Waals surface area contributed by atoms with Crippen LogP contribution in [0, 0.1) is 0 Å². The molecule has 1 fully saturated rings. The lowest BCUT2D eigenvalue weighted by molar-refractivity contribution is -0.143. The van der Waals surface area contributed by atoms with Crippen molar-refractivity contribution in [2.24, 2.45) is 0 Å². The van der Waals surface area contributed by atoms with E-state index in [4.69, 9.17) is 4.74 Å². The number of carbonyl (C=O) groups excluding carboxylic acids is 2. The largest absolute Gasteiger partial charge is 0.480 e. The molecule has 0 aliphatic carbocycles. The Kier molecular flexibility index (Phi) is 6.94. The molecule has 1 aliphatic heterocycles. The molecule has 2 N–H and O–H groups in total. The van der Waals surface area contributed by atoms with Crippen LogP contribution in [0.3, 0.4) is 0 Å². The first-order chi connectivity index (χ1) is 12.0. The number of hydrogen-bond donors (Lipinski definition) is 2. The fourth-order valence-electron chi connectivity index (χ4n) is 2.83. The summed E-state index contributed by atoms with van der Waals surface area (Å²) in [4.78, 5) is 37.3. The Balaban J connectivity index is 2.05. The zero-order valence-corrected chi connectivity index (χ0v) is 14.4. The molecule has 0 spiro atoms. The highest BCUT2D eigenvalue weighted by molar-refractivity contribution is 5.99. The third-order valence-corrected chi connectivity index (χ3v) is 4.02. The van der Waals surface area contributed by atoms with Crippen molar-refractivity contribution in [2.75, 3.05) is 25.1 Å². The number of hydrogen-bond acceptors (Lipinski definition) is 4. The van der Waals surface area contributed by atoms with E-state index in [2.05, 4.69) is 5.32 Å². The van der Waals surface area contributed by atoms with Gasteiger partial charge in [-0.05, 0) is 43.9 Å². The molecule has 1 aromatic carbocycles. The van der Waals surface area contributed by atoms with Gasteiger partial charge in [0.1, 0.15) is 12.6 Å². The predicted molar refractivity (Wildman–Crippen MR) is 92.5 cm³/mol. The average Bonchev–Trinajstić information content (AvgIpc) is 2.61. The highest BCUT2D eigenvalue weighted by Crippen LogP contribution is 2.21. The van der Waals surface area contributed by atoms with E-state index in [0.717, 1.165) is 19.3 Å². The number of carbonyl (C=O) groups is 3. The second kappa shape index (κ2) is 9.17. The third kappa shape index (κ3) is 5.29. The summed E-state index contributed by atoms with van der Waals surface area (Å²) in [6.45, 7) is 2.85. The average molecular weight is 348 g/mol. The number of likely N-dealkylation sites (tertiary alicyclic amines) is 1. The summed E-state index contributed by atoms with van der Waals surface area (Å²) in [6.07, 6.45) is 2.89. The topological polar surface area (TPSA) is 95.9 Å².